The summed E-state index contributed by atoms with van der Waals surface area (Å²) in [4.78, 5) is 21.0. The maximum absolute atomic E-state index is 10.8. The number of hydrogen-bond donors (Lipinski definition) is 2. The Morgan fingerprint density at radius 1 is 1.58 bits per heavy atom. The van der Waals surface area contributed by atoms with Gasteiger partial charge in [0.25, 0.3) is 0 Å². The Labute approximate surface area is 74.5 Å². The molecule has 12 heavy (non-hydrogen) atoms. The zero-order chi connectivity index (χ0) is 9.72. The van der Waals surface area contributed by atoms with E-state index in [0.717, 1.165) is 0 Å². The quantitative estimate of drug-likeness (QED) is 0.593. The predicted octanol–water partition coefficient (Wildman–Crippen LogP) is -0.417. The van der Waals surface area contributed by atoms with Crippen LogP contribution in [0, 0.1) is 0 Å². The Morgan fingerprint density at radius 2 is 2.08 bits per heavy atom. The van der Waals surface area contributed by atoms with Crippen molar-refractivity contribution in [2.45, 2.75) is 19.4 Å². The summed E-state index contributed by atoms with van der Waals surface area (Å²) < 4.78 is 0. The molecule has 0 aromatic heterocycles. The normalized spacial score (nSPS) is 15.2. The second kappa shape index (κ2) is 5.16. The van der Waals surface area contributed by atoms with Gasteiger partial charge in [-0.25, -0.2) is 4.79 Å². The Kier molecular flexibility index (Phi) is 4.92. The molecule has 0 bridgehead atoms. The van der Waals surface area contributed by atoms with Crippen molar-refractivity contribution in [3.8, 4) is 0 Å². The molecule has 0 saturated heterocycles. The van der Waals surface area contributed by atoms with Crippen LogP contribution in [0.4, 0.5) is 0 Å². The zero-order valence-electron chi connectivity index (χ0n) is 7.24. The number of carbonyl (C=O) groups is 2. The van der Waals surface area contributed by atoms with Crippen molar-refractivity contribution >= 4 is 22.0 Å². The monoisotopic (exact) mass is 192 g/mol. The fourth-order valence-electron chi connectivity index (χ4n) is 0.571. The van der Waals surface area contributed by atoms with E-state index in [-0.39, 0.29) is 16.0 Å². The van der Waals surface area contributed by atoms with E-state index in [9.17, 15) is 9.59 Å². The predicted molar refractivity (Wildman–Crippen MR) is 49.1 cm³/mol. The summed E-state index contributed by atoms with van der Waals surface area (Å²) in [6.07, 6.45) is 2.17. The molecule has 1 unspecified atom stereocenters. The first-order chi connectivity index (χ1) is 5.45. The van der Waals surface area contributed by atoms with E-state index in [0.29, 0.717) is 12.2 Å². The fraction of sp³-hybridized carbons (Fsp3) is 0.714. The van der Waals surface area contributed by atoms with Crippen molar-refractivity contribution in [1.82, 2.24) is 0 Å². The van der Waals surface area contributed by atoms with E-state index in [4.69, 9.17) is 10.8 Å². The molecule has 0 aromatic rings. The molecule has 3 N–H and O–H groups in total. The van der Waals surface area contributed by atoms with Crippen LogP contribution < -0.4 is 5.73 Å². The smallest absolute Gasteiger partial charge is 0.327 e. The number of carbonyl (C=O) groups excluding carboxylic acids is 1. The Hall–Kier alpha value is -0.550. The summed E-state index contributed by atoms with van der Waals surface area (Å²) in [5.41, 5.74) is 5.26. The second-order valence-corrected chi connectivity index (χ2v) is 4.82. The van der Waals surface area contributed by atoms with E-state index in [1.54, 1.807) is 6.26 Å². The number of carboxylic acids is 1. The van der Waals surface area contributed by atoms with Gasteiger partial charge in [0, 0.05) is 13.3 Å². The van der Waals surface area contributed by atoms with Gasteiger partial charge in [0.05, 0.1) is 10.9 Å². The molecule has 0 amide bonds. The summed E-state index contributed by atoms with van der Waals surface area (Å²) in [6, 6.07) is -0.834. The first-order valence-electron chi connectivity index (χ1n) is 3.56. The van der Waals surface area contributed by atoms with Crippen LogP contribution in [0.3, 0.4) is 0 Å². The summed E-state index contributed by atoms with van der Waals surface area (Å²) in [6.45, 7) is 1.51. The van der Waals surface area contributed by atoms with E-state index >= 15 is 0 Å². The van der Waals surface area contributed by atoms with E-state index in [1.165, 1.54) is 6.92 Å². The number of nitrogens with two attached hydrogens (primary N) is 1. The van der Waals surface area contributed by atoms with Crippen molar-refractivity contribution in [2.75, 3.05) is 12.0 Å². The highest BCUT2D eigenvalue weighted by Crippen LogP contribution is 1.98. The molecule has 0 heterocycles. The average Bonchev–Trinajstić information content (AvgIpc) is 1.98. The molecule has 4 nitrogen and oxygen atoms in total. The Morgan fingerprint density at radius 3 is 2.42 bits per heavy atom. The molecule has 70 valence electrons. The standard InChI is InChI=1S/C7H13NO3S/c1-5(9)12(2)4-3-6(8)7(10)11/h6H,3-4,8H2,1-2H3/p+1/t6-,12?/m0/s1. The van der Waals surface area contributed by atoms with Crippen LogP contribution in [0.1, 0.15) is 13.3 Å². The Balaban J connectivity index is 3.68. The third kappa shape index (κ3) is 4.35. The van der Waals surface area contributed by atoms with Crippen molar-refractivity contribution in [1.29, 1.82) is 0 Å². The van der Waals surface area contributed by atoms with Crippen molar-refractivity contribution in [3.63, 3.8) is 0 Å². The SMILES string of the molecule is CC(=O)[S+](C)CC[C@H](N)C(=O)O. The van der Waals surface area contributed by atoms with Gasteiger partial charge < -0.3 is 10.8 Å². The van der Waals surface area contributed by atoms with Gasteiger partial charge in [-0.05, 0) is 0 Å². The maximum Gasteiger partial charge on any atom is 0.327 e. The van der Waals surface area contributed by atoms with Gasteiger partial charge >= 0.3 is 11.1 Å². The van der Waals surface area contributed by atoms with Crippen LogP contribution in [0.5, 0.6) is 0 Å². The molecule has 0 spiro atoms. The number of aliphatic carboxylic acids is 1. The number of carboxylic acid groups (broad SMARTS) is 1. The molecule has 0 radical (unpaired) electrons. The third-order valence-corrected chi connectivity index (χ3v) is 3.37. The van der Waals surface area contributed by atoms with Crippen molar-refractivity contribution in [3.05, 3.63) is 0 Å². The minimum absolute atomic E-state index is 0.104. The molecular formula is C7H14NO3S+. The van der Waals surface area contributed by atoms with Gasteiger partial charge in [0.2, 0.25) is 0 Å². The highest BCUT2D eigenvalue weighted by molar-refractivity contribution is 8.10. The summed E-state index contributed by atoms with van der Waals surface area (Å²) in [7, 11) is -0.341. The van der Waals surface area contributed by atoms with Gasteiger partial charge in [-0.1, -0.05) is 0 Å². The van der Waals surface area contributed by atoms with Crippen LogP contribution in [-0.4, -0.2) is 34.2 Å². The largest absolute Gasteiger partial charge is 0.480 e. The first-order valence-corrected chi connectivity index (χ1v) is 5.37. The number of hydrogen-bond acceptors (Lipinski definition) is 3. The average molecular weight is 192 g/mol. The zero-order valence-corrected chi connectivity index (χ0v) is 8.06. The second-order valence-electron chi connectivity index (χ2n) is 2.57. The summed E-state index contributed by atoms with van der Waals surface area (Å²) in [5, 5.41) is 8.53. The van der Waals surface area contributed by atoms with E-state index in [2.05, 4.69) is 0 Å². The van der Waals surface area contributed by atoms with E-state index in [1.807, 2.05) is 0 Å². The van der Waals surface area contributed by atoms with Crippen LogP contribution >= 0.6 is 0 Å². The van der Waals surface area contributed by atoms with Gasteiger partial charge in [-0.3, -0.25) is 4.79 Å². The molecule has 0 aromatic carbocycles. The summed E-state index contributed by atoms with van der Waals surface area (Å²) >= 11 is 0. The molecule has 0 aliphatic rings. The molecule has 2 atom stereocenters. The van der Waals surface area contributed by atoms with Gasteiger partial charge in [-0.2, -0.15) is 0 Å². The minimum atomic E-state index is -1.00. The topological polar surface area (TPSA) is 80.4 Å². The molecule has 0 fully saturated rings. The first kappa shape index (κ1) is 11.4. The van der Waals surface area contributed by atoms with Gasteiger partial charge in [-0.15, -0.1) is 0 Å². The molecule has 0 rings (SSSR count). The molecule has 5 heteroatoms. The third-order valence-electron chi connectivity index (χ3n) is 1.54. The lowest BCUT2D eigenvalue weighted by Crippen LogP contribution is -2.32. The van der Waals surface area contributed by atoms with Crippen molar-refractivity contribution in [2.24, 2.45) is 5.73 Å². The van der Waals surface area contributed by atoms with Crippen LogP contribution in [0.2, 0.25) is 0 Å². The molecular weight excluding hydrogens is 178 g/mol. The van der Waals surface area contributed by atoms with Gasteiger partial charge in [0.1, 0.15) is 18.1 Å². The highest BCUT2D eigenvalue weighted by atomic mass is 32.2. The van der Waals surface area contributed by atoms with Crippen LogP contribution in [0.15, 0.2) is 0 Å². The van der Waals surface area contributed by atoms with Crippen LogP contribution in [0.25, 0.3) is 0 Å². The van der Waals surface area contributed by atoms with Gasteiger partial charge in [0.15, 0.2) is 0 Å². The lowest BCUT2D eigenvalue weighted by molar-refractivity contribution is -0.138. The molecule has 0 aliphatic heterocycles. The lowest BCUT2D eigenvalue weighted by Gasteiger charge is -2.03. The summed E-state index contributed by atoms with van der Waals surface area (Å²) in [5.74, 6) is -0.432. The number of rotatable bonds is 4. The highest BCUT2D eigenvalue weighted by Gasteiger charge is 2.21. The fourth-order valence-corrected chi connectivity index (χ4v) is 1.47. The Bertz CT molecular complexity index is 163. The lowest BCUT2D eigenvalue weighted by atomic mass is 10.2. The van der Waals surface area contributed by atoms with Crippen molar-refractivity contribution < 1.29 is 14.7 Å². The molecule has 0 aliphatic carbocycles. The maximum atomic E-state index is 10.8. The van der Waals surface area contributed by atoms with Crippen LogP contribution in [-0.2, 0) is 20.5 Å². The minimum Gasteiger partial charge on any atom is -0.480 e. The van der Waals surface area contributed by atoms with E-state index < -0.39 is 12.0 Å². The molecule has 0 saturated carbocycles.